The second kappa shape index (κ2) is 4.75. The van der Waals surface area contributed by atoms with Gasteiger partial charge in [-0.1, -0.05) is 27.2 Å². The van der Waals surface area contributed by atoms with E-state index in [2.05, 4.69) is 20.8 Å². The molecule has 2 heteroatoms. The number of allylic oxidation sites excluding steroid dienone is 2. The van der Waals surface area contributed by atoms with Crippen LogP contribution >= 0.6 is 0 Å². The van der Waals surface area contributed by atoms with Crippen LogP contribution in [0, 0.1) is 10.8 Å². The maximum atomic E-state index is 11.5. The van der Waals surface area contributed by atoms with E-state index < -0.39 is 0 Å². The van der Waals surface area contributed by atoms with Crippen molar-refractivity contribution in [3.63, 3.8) is 0 Å². The van der Waals surface area contributed by atoms with Crippen molar-refractivity contribution < 1.29 is 9.59 Å². The van der Waals surface area contributed by atoms with Crippen LogP contribution in [0.15, 0.2) is 11.1 Å². The van der Waals surface area contributed by atoms with Crippen molar-refractivity contribution >= 4 is 12.1 Å². The number of rotatable bonds is 3. The predicted molar refractivity (Wildman–Crippen MR) is 69.8 cm³/mol. The molecular weight excluding hydrogens is 212 g/mol. The molecule has 0 bridgehead atoms. The van der Waals surface area contributed by atoms with Crippen molar-refractivity contribution in [2.75, 3.05) is 0 Å². The van der Waals surface area contributed by atoms with Crippen LogP contribution in [0.3, 0.4) is 0 Å². The normalized spacial score (nSPS) is 29.5. The summed E-state index contributed by atoms with van der Waals surface area (Å²) in [6.07, 6.45) is 5.23. The van der Waals surface area contributed by atoms with Gasteiger partial charge in [0.1, 0.15) is 6.29 Å². The molecule has 17 heavy (non-hydrogen) atoms. The summed E-state index contributed by atoms with van der Waals surface area (Å²) in [7, 11) is 0. The lowest BCUT2D eigenvalue weighted by molar-refractivity contribution is -0.114. The van der Waals surface area contributed by atoms with E-state index in [-0.39, 0.29) is 16.6 Å². The van der Waals surface area contributed by atoms with Crippen LogP contribution in [0.4, 0.5) is 0 Å². The zero-order valence-corrected chi connectivity index (χ0v) is 11.7. The van der Waals surface area contributed by atoms with E-state index in [1.165, 1.54) is 13.3 Å². The molecule has 1 atom stereocenters. The maximum Gasteiger partial charge on any atom is 0.155 e. The molecule has 0 N–H and O–H groups in total. The standard InChI is InChI=1S/C15H24O2/c1-11(12(2)17)13(9-16)15(5)8-6-7-14(3,4)10-15/h9H,6-8,10H2,1-5H3. The Morgan fingerprint density at radius 2 is 1.71 bits per heavy atom. The van der Waals surface area contributed by atoms with E-state index in [1.54, 1.807) is 6.92 Å². The van der Waals surface area contributed by atoms with Crippen LogP contribution in [0.2, 0.25) is 0 Å². The number of aldehydes is 1. The monoisotopic (exact) mass is 236 g/mol. The molecule has 0 heterocycles. The first-order chi connectivity index (χ1) is 7.72. The second-order valence-electron chi connectivity index (χ2n) is 6.47. The number of hydrogen-bond acceptors (Lipinski definition) is 2. The van der Waals surface area contributed by atoms with Crippen LogP contribution in [-0.2, 0) is 9.59 Å². The first-order valence-electron chi connectivity index (χ1n) is 6.39. The van der Waals surface area contributed by atoms with Gasteiger partial charge in [-0.2, -0.15) is 0 Å². The van der Waals surface area contributed by atoms with Gasteiger partial charge < -0.3 is 0 Å². The average Bonchev–Trinajstić information content (AvgIpc) is 2.15. The summed E-state index contributed by atoms with van der Waals surface area (Å²) >= 11 is 0. The summed E-state index contributed by atoms with van der Waals surface area (Å²) in [6, 6.07) is 0. The van der Waals surface area contributed by atoms with Crippen molar-refractivity contribution in [3.8, 4) is 0 Å². The second-order valence-corrected chi connectivity index (χ2v) is 6.47. The zero-order chi connectivity index (χ0) is 13.3. The summed E-state index contributed by atoms with van der Waals surface area (Å²) in [4.78, 5) is 22.8. The molecule has 0 aromatic carbocycles. The first-order valence-corrected chi connectivity index (χ1v) is 6.39. The molecule has 0 amide bonds. The lowest BCUT2D eigenvalue weighted by Crippen LogP contribution is -2.33. The lowest BCUT2D eigenvalue weighted by atomic mass is 9.61. The topological polar surface area (TPSA) is 34.1 Å². The Labute approximate surface area is 104 Å². The van der Waals surface area contributed by atoms with Gasteiger partial charge >= 0.3 is 0 Å². The largest absolute Gasteiger partial charge is 0.298 e. The fourth-order valence-electron chi connectivity index (χ4n) is 3.29. The van der Waals surface area contributed by atoms with Crippen LogP contribution < -0.4 is 0 Å². The smallest absolute Gasteiger partial charge is 0.155 e. The molecule has 2 nitrogen and oxygen atoms in total. The summed E-state index contributed by atoms with van der Waals surface area (Å²) in [5.74, 6) is 0.0108. The van der Waals surface area contributed by atoms with Crippen molar-refractivity contribution in [3.05, 3.63) is 11.1 Å². The molecule has 1 aliphatic carbocycles. The fourth-order valence-corrected chi connectivity index (χ4v) is 3.29. The summed E-state index contributed by atoms with van der Waals surface area (Å²) in [6.45, 7) is 9.94. The highest BCUT2D eigenvalue weighted by molar-refractivity contribution is 5.98. The highest BCUT2D eigenvalue weighted by Gasteiger charge is 2.39. The molecule has 1 fully saturated rings. The average molecular weight is 236 g/mol. The number of carbonyl (C=O) groups is 2. The van der Waals surface area contributed by atoms with E-state index in [1.807, 2.05) is 0 Å². The van der Waals surface area contributed by atoms with Crippen molar-refractivity contribution in [2.45, 2.75) is 60.3 Å². The molecule has 96 valence electrons. The van der Waals surface area contributed by atoms with E-state index in [0.717, 1.165) is 31.1 Å². The highest BCUT2D eigenvalue weighted by Crippen LogP contribution is 2.50. The van der Waals surface area contributed by atoms with Crippen molar-refractivity contribution in [1.82, 2.24) is 0 Å². The molecule has 1 aliphatic rings. The quantitative estimate of drug-likeness (QED) is 0.553. The van der Waals surface area contributed by atoms with Gasteiger partial charge in [0.2, 0.25) is 0 Å². The van der Waals surface area contributed by atoms with Crippen molar-refractivity contribution in [2.24, 2.45) is 10.8 Å². The van der Waals surface area contributed by atoms with Crippen LogP contribution in [0.1, 0.15) is 60.3 Å². The van der Waals surface area contributed by atoms with Crippen LogP contribution in [-0.4, -0.2) is 12.1 Å². The van der Waals surface area contributed by atoms with E-state index in [9.17, 15) is 9.59 Å². The fraction of sp³-hybridized carbons (Fsp3) is 0.733. The minimum absolute atomic E-state index is 0.0108. The molecule has 0 aliphatic heterocycles. The number of carbonyl (C=O) groups excluding carboxylic acids is 2. The molecule has 0 radical (unpaired) electrons. The van der Waals surface area contributed by atoms with Gasteiger partial charge in [0, 0.05) is 5.57 Å². The Balaban J connectivity index is 3.15. The number of Topliss-reactive ketones (excluding diaryl/α,β-unsaturated/α-hetero) is 1. The molecule has 0 saturated heterocycles. The van der Waals surface area contributed by atoms with Gasteiger partial charge in [0.25, 0.3) is 0 Å². The Kier molecular flexibility index (Phi) is 3.95. The Morgan fingerprint density at radius 1 is 1.12 bits per heavy atom. The zero-order valence-electron chi connectivity index (χ0n) is 11.7. The summed E-state index contributed by atoms with van der Waals surface area (Å²) in [5.41, 5.74) is 1.50. The van der Waals surface area contributed by atoms with Crippen LogP contribution in [0.5, 0.6) is 0 Å². The first kappa shape index (κ1) is 14.1. The van der Waals surface area contributed by atoms with Gasteiger partial charge in [-0.3, -0.25) is 9.59 Å². The molecule has 1 saturated carbocycles. The highest BCUT2D eigenvalue weighted by atomic mass is 16.1. The summed E-state index contributed by atoms with van der Waals surface area (Å²) < 4.78 is 0. The number of hydrogen-bond donors (Lipinski definition) is 0. The lowest BCUT2D eigenvalue weighted by Gasteiger charge is -2.43. The third-order valence-corrected chi connectivity index (χ3v) is 4.15. The van der Waals surface area contributed by atoms with Gasteiger partial charge in [-0.05, 0) is 49.5 Å². The third-order valence-electron chi connectivity index (χ3n) is 4.15. The van der Waals surface area contributed by atoms with E-state index in [0.29, 0.717) is 5.57 Å². The third kappa shape index (κ3) is 3.05. The Morgan fingerprint density at radius 3 is 2.12 bits per heavy atom. The molecule has 0 aromatic rings. The van der Waals surface area contributed by atoms with Gasteiger partial charge in [-0.25, -0.2) is 0 Å². The van der Waals surface area contributed by atoms with Gasteiger partial charge in [-0.15, -0.1) is 0 Å². The summed E-state index contributed by atoms with van der Waals surface area (Å²) in [5, 5.41) is 0. The number of ketones is 1. The molecular formula is C15H24O2. The SMILES string of the molecule is CC(=O)C(C)=C(C=O)C1(C)CCCC(C)(C)C1. The molecule has 0 spiro atoms. The minimum Gasteiger partial charge on any atom is -0.298 e. The minimum atomic E-state index is -0.126. The predicted octanol–water partition coefficient (Wildman–Crippen LogP) is 3.70. The molecule has 1 unspecified atom stereocenters. The maximum absolute atomic E-state index is 11.5. The van der Waals surface area contributed by atoms with Gasteiger partial charge in [0.15, 0.2) is 5.78 Å². The van der Waals surface area contributed by atoms with E-state index >= 15 is 0 Å². The van der Waals surface area contributed by atoms with E-state index in [4.69, 9.17) is 0 Å². The Hall–Kier alpha value is -0.920. The van der Waals surface area contributed by atoms with Gasteiger partial charge in [0.05, 0.1) is 0 Å². The van der Waals surface area contributed by atoms with Crippen molar-refractivity contribution in [1.29, 1.82) is 0 Å². The van der Waals surface area contributed by atoms with Crippen LogP contribution in [0.25, 0.3) is 0 Å². The molecule has 1 rings (SSSR count). The Bertz CT molecular complexity index is 363. The molecule has 0 aromatic heterocycles.